The fraction of sp³-hybridized carbons (Fsp3) is 1.00. The Kier molecular flexibility index (Phi) is 3.08. The van der Waals surface area contributed by atoms with Gasteiger partial charge in [0.25, 0.3) is 0 Å². The summed E-state index contributed by atoms with van der Waals surface area (Å²) in [6.07, 6.45) is 9.01. The molecule has 2 heteroatoms. The zero-order valence-corrected chi connectivity index (χ0v) is 8.55. The highest BCUT2D eigenvalue weighted by Crippen LogP contribution is 2.46. The van der Waals surface area contributed by atoms with E-state index >= 15 is 0 Å². The van der Waals surface area contributed by atoms with Crippen LogP contribution in [-0.2, 0) is 0 Å². The van der Waals surface area contributed by atoms with E-state index in [-0.39, 0.29) is 0 Å². The van der Waals surface area contributed by atoms with E-state index in [2.05, 4.69) is 21.6 Å². The van der Waals surface area contributed by atoms with Gasteiger partial charge in [-0.25, -0.2) is 0 Å². The molecule has 0 amide bonds. The highest BCUT2D eigenvalue weighted by Gasteiger charge is 2.28. The summed E-state index contributed by atoms with van der Waals surface area (Å²) in [6.45, 7) is 0. The van der Waals surface area contributed by atoms with Crippen LogP contribution in [0.3, 0.4) is 0 Å². The molecule has 0 bridgehead atoms. The molecule has 1 aliphatic carbocycles. The minimum atomic E-state index is 1.03. The first kappa shape index (κ1) is 8.31. The van der Waals surface area contributed by atoms with Crippen molar-refractivity contribution in [2.75, 3.05) is 5.75 Å². The summed E-state index contributed by atoms with van der Waals surface area (Å²) in [5.74, 6) is 2.51. The SMILES string of the molecule is C1CCC[C@H]2SSC[C@H]2CC1. The summed E-state index contributed by atoms with van der Waals surface area (Å²) in [5.41, 5.74) is 0. The maximum atomic E-state index is 2.17. The lowest BCUT2D eigenvalue weighted by molar-refractivity contribution is 0.425. The molecule has 1 saturated heterocycles. The molecule has 1 saturated carbocycles. The molecule has 0 nitrogen and oxygen atoms in total. The van der Waals surface area contributed by atoms with Gasteiger partial charge in [0, 0.05) is 11.0 Å². The van der Waals surface area contributed by atoms with E-state index in [0.29, 0.717) is 0 Å². The normalized spacial score (nSPS) is 39.3. The van der Waals surface area contributed by atoms with Gasteiger partial charge in [0.05, 0.1) is 0 Å². The van der Waals surface area contributed by atoms with Crippen LogP contribution in [0.15, 0.2) is 0 Å². The van der Waals surface area contributed by atoms with E-state index in [1.807, 2.05) is 0 Å². The molecule has 0 aromatic carbocycles. The lowest BCUT2D eigenvalue weighted by Crippen LogP contribution is -2.15. The smallest absolute Gasteiger partial charge is 0.0187 e. The molecule has 2 fully saturated rings. The van der Waals surface area contributed by atoms with Crippen LogP contribution < -0.4 is 0 Å². The monoisotopic (exact) mass is 188 g/mol. The molecule has 1 aliphatic heterocycles. The van der Waals surface area contributed by atoms with Gasteiger partial charge in [-0.2, -0.15) is 0 Å². The second-order valence-electron chi connectivity index (χ2n) is 3.67. The average molecular weight is 188 g/mol. The minimum Gasteiger partial charge on any atom is -0.0935 e. The first-order chi connectivity index (χ1) is 5.47. The van der Waals surface area contributed by atoms with Crippen LogP contribution in [0.1, 0.15) is 38.5 Å². The van der Waals surface area contributed by atoms with Crippen LogP contribution in [0.25, 0.3) is 0 Å². The Hall–Kier alpha value is 0.700. The van der Waals surface area contributed by atoms with Crippen molar-refractivity contribution in [1.82, 2.24) is 0 Å². The predicted octanol–water partition coefficient (Wildman–Crippen LogP) is 3.72. The number of fused-ring (bicyclic) bond motifs is 1. The molecule has 0 spiro atoms. The van der Waals surface area contributed by atoms with Crippen LogP contribution >= 0.6 is 21.6 Å². The molecular weight excluding hydrogens is 172 g/mol. The lowest BCUT2D eigenvalue weighted by Gasteiger charge is -2.20. The fourth-order valence-electron chi connectivity index (χ4n) is 2.06. The minimum absolute atomic E-state index is 1.03. The molecule has 1 heterocycles. The lowest BCUT2D eigenvalue weighted by atomic mass is 9.92. The van der Waals surface area contributed by atoms with Crippen LogP contribution in [0.5, 0.6) is 0 Å². The summed E-state index contributed by atoms with van der Waals surface area (Å²) in [4.78, 5) is 0. The number of hydrogen-bond donors (Lipinski definition) is 0. The van der Waals surface area contributed by atoms with Crippen molar-refractivity contribution < 1.29 is 0 Å². The van der Waals surface area contributed by atoms with Gasteiger partial charge in [-0.3, -0.25) is 0 Å². The summed E-state index contributed by atoms with van der Waals surface area (Å²) in [6, 6.07) is 0. The summed E-state index contributed by atoms with van der Waals surface area (Å²) >= 11 is 0. The second kappa shape index (κ2) is 4.08. The molecule has 0 aromatic rings. The van der Waals surface area contributed by atoms with Gasteiger partial charge >= 0.3 is 0 Å². The molecule has 64 valence electrons. The molecule has 2 atom stereocenters. The van der Waals surface area contributed by atoms with Crippen molar-refractivity contribution in [3.05, 3.63) is 0 Å². The van der Waals surface area contributed by atoms with Crippen LogP contribution in [-0.4, -0.2) is 11.0 Å². The topological polar surface area (TPSA) is 0 Å². The molecule has 0 aromatic heterocycles. The molecule has 2 rings (SSSR count). The Balaban J connectivity index is 1.89. The zero-order valence-electron chi connectivity index (χ0n) is 6.92. The molecule has 0 radical (unpaired) electrons. The van der Waals surface area contributed by atoms with Gasteiger partial charge in [-0.1, -0.05) is 47.3 Å². The molecule has 0 unspecified atom stereocenters. The maximum absolute atomic E-state index is 2.17. The van der Waals surface area contributed by atoms with Crippen molar-refractivity contribution in [2.45, 2.75) is 43.8 Å². The fourth-order valence-corrected chi connectivity index (χ4v) is 5.70. The van der Waals surface area contributed by atoms with Crippen LogP contribution in [0, 0.1) is 5.92 Å². The third kappa shape index (κ3) is 2.09. The average Bonchev–Trinajstić information content (AvgIpc) is 2.35. The summed E-state index contributed by atoms with van der Waals surface area (Å²) in [5, 5.41) is 1.03. The molecule has 0 N–H and O–H groups in total. The third-order valence-electron chi connectivity index (χ3n) is 2.81. The highest BCUT2D eigenvalue weighted by molar-refractivity contribution is 8.77. The number of rotatable bonds is 0. The van der Waals surface area contributed by atoms with Gasteiger partial charge in [0.1, 0.15) is 0 Å². The Morgan fingerprint density at radius 2 is 1.73 bits per heavy atom. The van der Waals surface area contributed by atoms with Crippen molar-refractivity contribution in [3.8, 4) is 0 Å². The highest BCUT2D eigenvalue weighted by atomic mass is 33.1. The summed E-state index contributed by atoms with van der Waals surface area (Å²) in [7, 11) is 4.28. The van der Waals surface area contributed by atoms with Crippen LogP contribution in [0.2, 0.25) is 0 Å². The Morgan fingerprint density at radius 3 is 2.64 bits per heavy atom. The van der Waals surface area contributed by atoms with Gasteiger partial charge in [-0.15, -0.1) is 0 Å². The van der Waals surface area contributed by atoms with Gasteiger partial charge < -0.3 is 0 Å². The predicted molar refractivity (Wildman–Crippen MR) is 55.0 cm³/mol. The van der Waals surface area contributed by atoms with Crippen molar-refractivity contribution in [1.29, 1.82) is 0 Å². The summed E-state index contributed by atoms with van der Waals surface area (Å²) < 4.78 is 0. The van der Waals surface area contributed by atoms with Gasteiger partial charge in [-0.05, 0) is 18.8 Å². The molecular formula is C9H16S2. The van der Waals surface area contributed by atoms with Crippen LogP contribution in [0.4, 0.5) is 0 Å². The second-order valence-corrected chi connectivity index (χ2v) is 6.32. The Labute approximate surface area is 77.3 Å². The number of hydrogen-bond acceptors (Lipinski definition) is 2. The van der Waals surface area contributed by atoms with E-state index < -0.39 is 0 Å². The quantitative estimate of drug-likeness (QED) is 0.531. The zero-order chi connectivity index (χ0) is 7.52. The van der Waals surface area contributed by atoms with Gasteiger partial charge in [0.2, 0.25) is 0 Å². The van der Waals surface area contributed by atoms with E-state index in [1.165, 1.54) is 44.3 Å². The largest absolute Gasteiger partial charge is 0.0935 e. The Bertz CT molecular complexity index is 111. The van der Waals surface area contributed by atoms with Crippen molar-refractivity contribution in [2.24, 2.45) is 5.92 Å². The molecule has 2 aliphatic rings. The van der Waals surface area contributed by atoms with E-state index in [4.69, 9.17) is 0 Å². The standard InChI is InChI=1S/C9H16S2/c1-2-4-6-9-8(5-3-1)7-10-11-9/h8-9H,1-7H2/t8-,9-/m1/s1. The van der Waals surface area contributed by atoms with Crippen molar-refractivity contribution in [3.63, 3.8) is 0 Å². The first-order valence-corrected chi connectivity index (χ1v) is 7.13. The van der Waals surface area contributed by atoms with E-state index in [1.54, 1.807) is 0 Å². The van der Waals surface area contributed by atoms with Gasteiger partial charge in [0.15, 0.2) is 0 Å². The van der Waals surface area contributed by atoms with E-state index in [0.717, 1.165) is 11.2 Å². The maximum Gasteiger partial charge on any atom is 0.0187 e. The van der Waals surface area contributed by atoms with Crippen molar-refractivity contribution >= 4 is 21.6 Å². The molecule has 11 heavy (non-hydrogen) atoms. The van der Waals surface area contributed by atoms with E-state index in [9.17, 15) is 0 Å². The Morgan fingerprint density at radius 1 is 0.909 bits per heavy atom. The third-order valence-corrected chi connectivity index (χ3v) is 5.94. The first-order valence-electron chi connectivity index (χ1n) is 4.75.